The molecule has 0 N–H and O–H groups in total. The van der Waals surface area contributed by atoms with Crippen molar-refractivity contribution in [2.75, 3.05) is 10.8 Å². The zero-order valence-corrected chi connectivity index (χ0v) is 14.8. The molecule has 4 nitrogen and oxygen atoms in total. The van der Waals surface area contributed by atoms with Crippen LogP contribution in [0.1, 0.15) is 37.3 Å². The minimum absolute atomic E-state index is 0.00396. The lowest BCUT2D eigenvalue weighted by Gasteiger charge is -2.27. The number of rotatable bonds is 2. The molecule has 3 rings (SSSR count). The van der Waals surface area contributed by atoms with E-state index in [-0.39, 0.29) is 11.3 Å². The number of sulfonamides is 1. The third-order valence-electron chi connectivity index (χ3n) is 4.12. The molecule has 1 unspecified atom stereocenters. The van der Waals surface area contributed by atoms with Crippen LogP contribution in [0.25, 0.3) is 0 Å². The molecule has 0 radical (unpaired) electrons. The highest BCUT2D eigenvalue weighted by molar-refractivity contribution is 7.94. The second-order valence-electron chi connectivity index (χ2n) is 6.71. The minimum Gasteiger partial charge on any atom is -0.265 e. The summed E-state index contributed by atoms with van der Waals surface area (Å²) in [5.74, 6) is 0.187. The van der Waals surface area contributed by atoms with Crippen molar-refractivity contribution >= 4 is 27.0 Å². The molecule has 1 atom stereocenters. The van der Waals surface area contributed by atoms with Gasteiger partial charge in [-0.05, 0) is 24.0 Å². The van der Waals surface area contributed by atoms with Gasteiger partial charge in [-0.3, -0.25) is 4.31 Å². The van der Waals surface area contributed by atoms with Crippen molar-refractivity contribution in [3.63, 3.8) is 0 Å². The SMILES string of the molecule is Cc1ncc(S(=O)(=O)N2CC(C(C)(C)C)c3ccccc32)s1. The van der Waals surface area contributed by atoms with Gasteiger partial charge in [0, 0.05) is 12.5 Å². The Labute approximate surface area is 135 Å². The third kappa shape index (κ3) is 2.44. The smallest absolute Gasteiger partial charge is 0.265 e. The fourth-order valence-corrected chi connectivity index (χ4v) is 5.64. The van der Waals surface area contributed by atoms with Crippen molar-refractivity contribution in [1.29, 1.82) is 0 Å². The minimum atomic E-state index is -3.54. The molecule has 1 aromatic carbocycles. The molecule has 2 aromatic rings. The fourth-order valence-electron chi connectivity index (χ4n) is 2.91. The van der Waals surface area contributed by atoms with Gasteiger partial charge < -0.3 is 0 Å². The van der Waals surface area contributed by atoms with Gasteiger partial charge in [-0.25, -0.2) is 13.4 Å². The third-order valence-corrected chi connectivity index (χ3v) is 7.25. The lowest BCUT2D eigenvalue weighted by atomic mass is 9.78. The summed E-state index contributed by atoms with van der Waals surface area (Å²) in [6.07, 6.45) is 1.46. The van der Waals surface area contributed by atoms with Crippen LogP contribution in [0.15, 0.2) is 34.7 Å². The Morgan fingerprint density at radius 1 is 1.27 bits per heavy atom. The molecule has 2 heterocycles. The predicted molar refractivity (Wildman–Crippen MR) is 90.0 cm³/mol. The van der Waals surface area contributed by atoms with Crippen LogP contribution in [0.2, 0.25) is 0 Å². The van der Waals surface area contributed by atoms with Gasteiger partial charge in [-0.1, -0.05) is 39.0 Å². The van der Waals surface area contributed by atoms with E-state index in [2.05, 4.69) is 25.8 Å². The van der Waals surface area contributed by atoms with E-state index in [4.69, 9.17) is 0 Å². The van der Waals surface area contributed by atoms with Crippen LogP contribution in [0.3, 0.4) is 0 Å². The second kappa shape index (κ2) is 5.06. The Hall–Kier alpha value is -1.40. The zero-order valence-electron chi connectivity index (χ0n) is 13.2. The number of thiazole rings is 1. The van der Waals surface area contributed by atoms with E-state index in [1.54, 1.807) is 4.31 Å². The zero-order chi connectivity index (χ0) is 16.1. The molecular formula is C16H20N2O2S2. The van der Waals surface area contributed by atoms with Crippen molar-refractivity contribution in [3.8, 4) is 0 Å². The van der Waals surface area contributed by atoms with E-state index in [1.807, 2.05) is 31.2 Å². The van der Waals surface area contributed by atoms with Crippen molar-refractivity contribution in [3.05, 3.63) is 41.0 Å². The molecule has 0 spiro atoms. The van der Waals surface area contributed by atoms with Gasteiger partial charge >= 0.3 is 0 Å². The van der Waals surface area contributed by atoms with Gasteiger partial charge in [0.15, 0.2) is 4.21 Å². The summed E-state index contributed by atoms with van der Waals surface area (Å²) in [6, 6.07) is 7.81. The van der Waals surface area contributed by atoms with Crippen LogP contribution in [-0.4, -0.2) is 19.9 Å². The van der Waals surface area contributed by atoms with Gasteiger partial charge in [0.1, 0.15) is 0 Å². The molecule has 0 saturated heterocycles. The molecule has 22 heavy (non-hydrogen) atoms. The molecule has 1 aliphatic heterocycles. The summed E-state index contributed by atoms with van der Waals surface area (Å²) in [5.41, 5.74) is 1.91. The van der Waals surface area contributed by atoms with Gasteiger partial charge in [0.05, 0.1) is 16.9 Å². The van der Waals surface area contributed by atoms with Crippen molar-refractivity contribution in [1.82, 2.24) is 4.98 Å². The largest absolute Gasteiger partial charge is 0.275 e. The summed E-state index contributed by atoms with van der Waals surface area (Å²) in [4.78, 5) is 4.09. The van der Waals surface area contributed by atoms with Gasteiger partial charge in [-0.2, -0.15) is 0 Å². The number of nitrogens with zero attached hydrogens (tertiary/aromatic N) is 2. The Morgan fingerprint density at radius 3 is 2.55 bits per heavy atom. The van der Waals surface area contributed by atoms with Crippen molar-refractivity contribution in [2.24, 2.45) is 5.41 Å². The molecule has 118 valence electrons. The first-order chi connectivity index (χ1) is 10.2. The first-order valence-corrected chi connectivity index (χ1v) is 9.51. The van der Waals surface area contributed by atoms with Crippen LogP contribution in [0, 0.1) is 12.3 Å². The normalized spacial score (nSPS) is 18.5. The molecule has 0 aliphatic carbocycles. The second-order valence-corrected chi connectivity index (χ2v) is 10.0. The average molecular weight is 336 g/mol. The number of benzene rings is 1. The van der Waals surface area contributed by atoms with E-state index < -0.39 is 10.0 Å². The lowest BCUT2D eigenvalue weighted by Crippen LogP contribution is -2.32. The highest BCUT2D eigenvalue weighted by Crippen LogP contribution is 2.47. The summed E-state index contributed by atoms with van der Waals surface area (Å²) < 4.78 is 27.8. The van der Waals surface area contributed by atoms with E-state index in [1.165, 1.54) is 17.5 Å². The Morgan fingerprint density at radius 2 is 1.95 bits per heavy atom. The number of hydrogen-bond donors (Lipinski definition) is 0. The van der Waals surface area contributed by atoms with Crippen molar-refractivity contribution in [2.45, 2.75) is 37.8 Å². The van der Waals surface area contributed by atoms with E-state index in [0.29, 0.717) is 10.8 Å². The number of para-hydroxylation sites is 1. The van der Waals surface area contributed by atoms with Gasteiger partial charge in [0.2, 0.25) is 0 Å². The molecule has 0 fully saturated rings. The van der Waals surface area contributed by atoms with E-state index >= 15 is 0 Å². The van der Waals surface area contributed by atoms with Crippen LogP contribution < -0.4 is 4.31 Å². The molecule has 0 amide bonds. The van der Waals surface area contributed by atoms with E-state index in [0.717, 1.165) is 16.3 Å². The van der Waals surface area contributed by atoms with Crippen LogP contribution in [0.5, 0.6) is 0 Å². The number of hydrogen-bond acceptors (Lipinski definition) is 4. The Balaban J connectivity index is 2.10. The summed E-state index contributed by atoms with van der Waals surface area (Å²) in [6.45, 7) is 8.77. The topological polar surface area (TPSA) is 50.3 Å². The molecule has 0 saturated carbocycles. The van der Waals surface area contributed by atoms with Crippen LogP contribution in [-0.2, 0) is 10.0 Å². The lowest BCUT2D eigenvalue weighted by molar-refractivity contribution is 0.336. The predicted octanol–water partition coefficient (Wildman–Crippen LogP) is 3.79. The first kappa shape index (κ1) is 15.5. The standard InChI is InChI=1S/C16H20N2O2S2/c1-11-17-9-15(21-11)22(19,20)18-10-13(16(2,3)4)12-7-5-6-8-14(12)18/h5-9,13H,10H2,1-4H3. The quantitative estimate of drug-likeness (QED) is 0.838. The summed E-state index contributed by atoms with van der Waals surface area (Å²) in [5, 5.41) is 0.762. The van der Waals surface area contributed by atoms with Crippen molar-refractivity contribution < 1.29 is 8.42 Å². The van der Waals surface area contributed by atoms with E-state index in [9.17, 15) is 8.42 Å². The molecule has 6 heteroatoms. The number of aryl methyl sites for hydroxylation is 1. The number of fused-ring (bicyclic) bond motifs is 1. The first-order valence-electron chi connectivity index (χ1n) is 7.25. The van der Waals surface area contributed by atoms with Gasteiger partial charge in [-0.15, -0.1) is 11.3 Å². The Bertz CT molecular complexity index is 804. The Kier molecular flexibility index (Phi) is 3.57. The van der Waals surface area contributed by atoms with Crippen LogP contribution in [0.4, 0.5) is 5.69 Å². The number of aromatic nitrogens is 1. The highest BCUT2D eigenvalue weighted by atomic mass is 32.2. The van der Waals surface area contributed by atoms with Gasteiger partial charge in [0.25, 0.3) is 10.0 Å². The summed E-state index contributed by atoms with van der Waals surface area (Å²) >= 11 is 1.22. The number of anilines is 1. The van der Waals surface area contributed by atoms with Crippen LogP contribution >= 0.6 is 11.3 Å². The molecule has 1 aromatic heterocycles. The molecule has 0 bridgehead atoms. The maximum absolute atomic E-state index is 13.0. The maximum Gasteiger partial charge on any atom is 0.275 e. The summed E-state index contributed by atoms with van der Waals surface area (Å²) in [7, 11) is -3.54. The molecule has 1 aliphatic rings. The fraction of sp³-hybridized carbons (Fsp3) is 0.438. The monoisotopic (exact) mass is 336 g/mol. The molecular weight excluding hydrogens is 316 g/mol. The highest BCUT2D eigenvalue weighted by Gasteiger charge is 2.41. The maximum atomic E-state index is 13.0. The average Bonchev–Trinajstić information content (AvgIpc) is 3.02.